The largest absolute Gasteiger partial charge is 0.318 e. The van der Waals surface area contributed by atoms with Crippen molar-refractivity contribution in [2.24, 2.45) is 7.05 Å². The van der Waals surface area contributed by atoms with Crippen LogP contribution in [0.15, 0.2) is 12.1 Å². The van der Waals surface area contributed by atoms with E-state index in [1.807, 2.05) is 7.05 Å². The Morgan fingerprint density at radius 1 is 1.23 bits per heavy atom. The minimum absolute atomic E-state index is 0.402. The molecule has 0 amide bonds. The Morgan fingerprint density at radius 3 is 2.62 bits per heavy atom. The van der Waals surface area contributed by atoms with Gasteiger partial charge in [0.05, 0.1) is 10.5 Å². The first-order valence-corrected chi connectivity index (χ1v) is 4.70. The number of halogens is 3. The molecule has 13 heavy (non-hydrogen) atoms. The first-order chi connectivity index (χ1) is 6.09. The normalized spacial score (nSPS) is 11.1. The molecule has 0 atom stereocenters. The highest BCUT2D eigenvalue weighted by Gasteiger charge is 2.09. The van der Waals surface area contributed by atoms with E-state index in [-0.39, 0.29) is 0 Å². The Balaban J connectivity index is 2.94. The van der Waals surface area contributed by atoms with Gasteiger partial charge in [0.25, 0.3) is 0 Å². The average molecular weight is 236 g/mol. The molecule has 1 aromatic carbocycles. The van der Waals surface area contributed by atoms with Crippen molar-refractivity contribution in [3.05, 3.63) is 27.5 Å². The van der Waals surface area contributed by atoms with E-state index >= 15 is 0 Å². The lowest BCUT2D eigenvalue weighted by atomic mass is 10.3. The summed E-state index contributed by atoms with van der Waals surface area (Å²) in [5, 5.41) is 1.50. The van der Waals surface area contributed by atoms with Crippen molar-refractivity contribution >= 4 is 45.8 Å². The SMILES string of the molecule is Cn1c(Cl)nc2c(Cl)cc(Cl)cc21. The third-order valence-electron chi connectivity index (χ3n) is 1.85. The van der Waals surface area contributed by atoms with Crippen LogP contribution in [0.5, 0.6) is 0 Å². The first-order valence-electron chi connectivity index (χ1n) is 3.56. The van der Waals surface area contributed by atoms with Crippen molar-refractivity contribution in [1.29, 1.82) is 0 Å². The molecule has 2 aromatic rings. The second-order valence-electron chi connectivity index (χ2n) is 2.70. The van der Waals surface area contributed by atoms with E-state index < -0.39 is 0 Å². The van der Waals surface area contributed by atoms with Crippen molar-refractivity contribution < 1.29 is 0 Å². The molecule has 0 fully saturated rings. The topological polar surface area (TPSA) is 17.8 Å². The standard InChI is InChI=1S/C8H5Cl3N2/c1-13-6-3-4(9)2-5(10)7(6)12-8(13)11/h2-3H,1H3. The molecular formula is C8H5Cl3N2. The number of fused-ring (bicyclic) bond motifs is 1. The third-order valence-corrected chi connectivity index (χ3v) is 2.69. The first kappa shape index (κ1) is 9.13. The van der Waals surface area contributed by atoms with Gasteiger partial charge in [-0.2, -0.15) is 0 Å². The number of hydrogen-bond acceptors (Lipinski definition) is 1. The van der Waals surface area contributed by atoms with Crippen LogP contribution in [-0.2, 0) is 7.05 Å². The maximum Gasteiger partial charge on any atom is 0.203 e. The van der Waals surface area contributed by atoms with Gasteiger partial charge in [-0.3, -0.25) is 0 Å². The average Bonchev–Trinajstić information content (AvgIpc) is 2.32. The van der Waals surface area contributed by atoms with Gasteiger partial charge in [0.1, 0.15) is 5.52 Å². The van der Waals surface area contributed by atoms with Gasteiger partial charge in [0.15, 0.2) is 0 Å². The molecule has 68 valence electrons. The Kier molecular flexibility index (Phi) is 2.14. The number of rotatable bonds is 0. The third kappa shape index (κ3) is 1.39. The van der Waals surface area contributed by atoms with E-state index in [4.69, 9.17) is 34.8 Å². The Bertz CT molecular complexity index is 476. The smallest absolute Gasteiger partial charge is 0.203 e. The summed E-state index contributed by atoms with van der Waals surface area (Å²) in [4.78, 5) is 4.09. The second kappa shape index (κ2) is 3.05. The number of imidazole rings is 1. The highest BCUT2D eigenvalue weighted by atomic mass is 35.5. The quantitative estimate of drug-likeness (QED) is 0.683. The van der Waals surface area contributed by atoms with Gasteiger partial charge >= 0.3 is 0 Å². The minimum atomic E-state index is 0.402. The molecule has 0 unspecified atom stereocenters. The van der Waals surface area contributed by atoms with E-state index in [2.05, 4.69) is 4.98 Å². The van der Waals surface area contributed by atoms with Gasteiger partial charge in [0, 0.05) is 12.1 Å². The predicted molar refractivity (Wildman–Crippen MR) is 55.7 cm³/mol. The van der Waals surface area contributed by atoms with Crippen molar-refractivity contribution in [3.8, 4) is 0 Å². The van der Waals surface area contributed by atoms with E-state index in [1.54, 1.807) is 16.7 Å². The fourth-order valence-corrected chi connectivity index (χ4v) is 1.89. The van der Waals surface area contributed by atoms with Crippen LogP contribution in [0.4, 0.5) is 0 Å². The molecule has 0 aliphatic rings. The fourth-order valence-electron chi connectivity index (χ4n) is 1.19. The molecule has 0 N–H and O–H groups in total. The lowest BCUT2D eigenvalue weighted by Crippen LogP contribution is -1.86. The zero-order valence-electron chi connectivity index (χ0n) is 6.68. The Labute approximate surface area is 90.0 Å². The summed E-state index contributed by atoms with van der Waals surface area (Å²) in [6, 6.07) is 3.43. The number of hydrogen-bond donors (Lipinski definition) is 0. The summed E-state index contributed by atoms with van der Waals surface area (Å²) in [5.74, 6) is 0. The maximum atomic E-state index is 5.93. The molecule has 0 spiro atoms. The van der Waals surface area contributed by atoms with Crippen molar-refractivity contribution in [2.45, 2.75) is 0 Å². The van der Waals surface area contributed by atoms with Gasteiger partial charge in [0.2, 0.25) is 5.28 Å². The van der Waals surface area contributed by atoms with Crippen LogP contribution in [-0.4, -0.2) is 9.55 Å². The maximum absolute atomic E-state index is 5.93. The van der Waals surface area contributed by atoms with Crippen LogP contribution in [0.2, 0.25) is 15.3 Å². The molecule has 0 bridgehead atoms. The zero-order valence-corrected chi connectivity index (χ0v) is 8.95. The molecule has 2 nitrogen and oxygen atoms in total. The van der Waals surface area contributed by atoms with E-state index in [1.165, 1.54) is 0 Å². The lowest BCUT2D eigenvalue weighted by Gasteiger charge is -1.97. The second-order valence-corrected chi connectivity index (χ2v) is 3.88. The summed E-state index contributed by atoms with van der Waals surface area (Å²) in [7, 11) is 1.81. The Hall–Kier alpha value is -0.440. The molecule has 0 saturated carbocycles. The van der Waals surface area contributed by atoms with E-state index in [9.17, 15) is 0 Å². The summed E-state index contributed by atoms with van der Waals surface area (Å²) in [5.41, 5.74) is 1.51. The molecule has 5 heteroatoms. The molecule has 2 rings (SSSR count). The van der Waals surface area contributed by atoms with Crippen molar-refractivity contribution in [1.82, 2.24) is 9.55 Å². The predicted octanol–water partition coefficient (Wildman–Crippen LogP) is 3.53. The monoisotopic (exact) mass is 234 g/mol. The zero-order chi connectivity index (χ0) is 9.59. The highest BCUT2D eigenvalue weighted by Crippen LogP contribution is 2.28. The lowest BCUT2D eigenvalue weighted by molar-refractivity contribution is 0.949. The van der Waals surface area contributed by atoms with E-state index in [0.717, 1.165) is 5.52 Å². The summed E-state index contributed by atoms with van der Waals surface area (Å²) >= 11 is 17.6. The molecular weight excluding hydrogens is 230 g/mol. The molecule has 1 aromatic heterocycles. The molecule has 0 aliphatic heterocycles. The van der Waals surface area contributed by atoms with Crippen LogP contribution in [0.1, 0.15) is 0 Å². The van der Waals surface area contributed by atoms with Crippen LogP contribution >= 0.6 is 34.8 Å². The number of aromatic nitrogens is 2. The van der Waals surface area contributed by atoms with Gasteiger partial charge in [-0.25, -0.2) is 4.98 Å². The van der Waals surface area contributed by atoms with Crippen LogP contribution in [0, 0.1) is 0 Å². The van der Waals surface area contributed by atoms with E-state index in [0.29, 0.717) is 20.8 Å². The van der Waals surface area contributed by atoms with Gasteiger partial charge in [-0.1, -0.05) is 23.2 Å². The highest BCUT2D eigenvalue weighted by molar-refractivity contribution is 6.38. The summed E-state index contributed by atoms with van der Waals surface area (Å²) in [6.07, 6.45) is 0. The van der Waals surface area contributed by atoms with Gasteiger partial charge in [-0.05, 0) is 23.7 Å². The van der Waals surface area contributed by atoms with Crippen molar-refractivity contribution in [3.63, 3.8) is 0 Å². The number of benzene rings is 1. The molecule has 0 aliphatic carbocycles. The van der Waals surface area contributed by atoms with Crippen LogP contribution in [0.25, 0.3) is 11.0 Å². The molecule has 1 heterocycles. The van der Waals surface area contributed by atoms with Crippen molar-refractivity contribution in [2.75, 3.05) is 0 Å². The molecule has 0 radical (unpaired) electrons. The fraction of sp³-hybridized carbons (Fsp3) is 0.125. The number of aryl methyl sites for hydroxylation is 1. The summed E-state index contributed by atoms with van der Waals surface area (Å²) < 4.78 is 1.73. The van der Waals surface area contributed by atoms with Crippen LogP contribution < -0.4 is 0 Å². The summed E-state index contributed by atoms with van der Waals surface area (Å²) in [6.45, 7) is 0. The minimum Gasteiger partial charge on any atom is -0.318 e. The Morgan fingerprint density at radius 2 is 1.92 bits per heavy atom. The number of nitrogens with zero attached hydrogens (tertiary/aromatic N) is 2. The van der Waals surface area contributed by atoms with Gasteiger partial charge < -0.3 is 4.57 Å². The molecule has 0 saturated heterocycles. The van der Waals surface area contributed by atoms with Crippen LogP contribution in [0.3, 0.4) is 0 Å². The van der Waals surface area contributed by atoms with Gasteiger partial charge in [-0.15, -0.1) is 0 Å².